The summed E-state index contributed by atoms with van der Waals surface area (Å²) < 4.78 is 0.869. The number of nitrogens with zero attached hydrogens (tertiary/aromatic N) is 1. The monoisotopic (exact) mass is 389 g/mol. The Morgan fingerprint density at radius 3 is 2.22 bits per heavy atom. The molecule has 2 aromatic rings. The Morgan fingerprint density at radius 2 is 1.61 bits per heavy atom. The molecule has 2 aromatic carbocycles. The van der Waals surface area contributed by atoms with E-state index >= 15 is 0 Å². The highest BCUT2D eigenvalue weighted by atomic mass is 79.9. The minimum absolute atomic E-state index is 0.0372. The van der Waals surface area contributed by atoms with Gasteiger partial charge in [-0.25, -0.2) is 4.90 Å². The molecule has 1 aliphatic rings. The first-order valence-electron chi connectivity index (χ1n) is 7.02. The van der Waals surface area contributed by atoms with Crippen LogP contribution in [0.5, 0.6) is 0 Å². The largest absolute Gasteiger partial charge is 0.277 e. The molecule has 23 heavy (non-hydrogen) atoms. The minimum Gasteiger partial charge on any atom is -0.268 e. The van der Waals surface area contributed by atoms with Crippen molar-refractivity contribution in [3.05, 3.63) is 68.7 Å². The number of hydrogen-bond acceptors (Lipinski definition) is 2. The second kappa shape index (κ2) is 5.95. The van der Waals surface area contributed by atoms with Gasteiger partial charge in [0, 0.05) is 4.47 Å². The predicted molar refractivity (Wildman–Crippen MR) is 95.3 cm³/mol. The number of carbonyl (C=O) groups is 2. The average molecular weight is 391 g/mol. The van der Waals surface area contributed by atoms with Crippen LogP contribution in [0.3, 0.4) is 0 Å². The summed E-state index contributed by atoms with van der Waals surface area (Å²) in [7, 11) is 0. The fourth-order valence-electron chi connectivity index (χ4n) is 2.66. The first-order valence-corrected chi connectivity index (χ1v) is 8.19. The van der Waals surface area contributed by atoms with Gasteiger partial charge >= 0.3 is 0 Å². The molecule has 2 amide bonds. The number of imide groups is 1. The van der Waals surface area contributed by atoms with Crippen molar-refractivity contribution in [3.8, 4) is 0 Å². The Kier molecular flexibility index (Phi) is 4.13. The van der Waals surface area contributed by atoms with E-state index in [1.54, 1.807) is 24.3 Å². The van der Waals surface area contributed by atoms with Crippen molar-refractivity contribution < 1.29 is 9.59 Å². The summed E-state index contributed by atoms with van der Waals surface area (Å²) >= 11 is 9.54. The Hall–Kier alpha value is -1.91. The lowest BCUT2D eigenvalue weighted by molar-refractivity contribution is -0.119. The lowest BCUT2D eigenvalue weighted by Crippen LogP contribution is -2.31. The fraction of sp³-hybridized carbons (Fsp3) is 0.111. The molecule has 0 N–H and O–H groups in total. The SMILES string of the molecule is Cc1ccc(C2=C(Cl)C(=O)N(c3ccc(Br)cc3)C2=O)c(C)c1. The molecule has 0 saturated heterocycles. The molecule has 1 heterocycles. The summed E-state index contributed by atoms with van der Waals surface area (Å²) in [4.78, 5) is 26.4. The van der Waals surface area contributed by atoms with Crippen LogP contribution in [0.2, 0.25) is 0 Å². The summed E-state index contributed by atoms with van der Waals surface area (Å²) in [6.45, 7) is 3.88. The van der Waals surface area contributed by atoms with Crippen LogP contribution >= 0.6 is 27.5 Å². The van der Waals surface area contributed by atoms with E-state index in [0.29, 0.717) is 11.3 Å². The van der Waals surface area contributed by atoms with Crippen LogP contribution in [0.15, 0.2) is 52.0 Å². The van der Waals surface area contributed by atoms with Gasteiger partial charge in [-0.3, -0.25) is 9.59 Å². The normalized spacial score (nSPS) is 14.9. The van der Waals surface area contributed by atoms with Gasteiger partial charge in [-0.2, -0.15) is 0 Å². The number of anilines is 1. The number of benzene rings is 2. The molecule has 3 nitrogen and oxygen atoms in total. The molecule has 0 atom stereocenters. The second-order valence-corrected chi connectivity index (χ2v) is 6.72. The topological polar surface area (TPSA) is 37.4 Å². The lowest BCUT2D eigenvalue weighted by atomic mass is 9.99. The van der Waals surface area contributed by atoms with E-state index in [1.807, 2.05) is 32.0 Å². The van der Waals surface area contributed by atoms with E-state index in [-0.39, 0.29) is 10.6 Å². The highest BCUT2D eigenvalue weighted by Gasteiger charge is 2.39. The van der Waals surface area contributed by atoms with Crippen LogP contribution in [0.25, 0.3) is 5.57 Å². The van der Waals surface area contributed by atoms with Crippen molar-refractivity contribution >= 4 is 50.6 Å². The molecule has 0 aliphatic carbocycles. The van der Waals surface area contributed by atoms with Crippen molar-refractivity contribution in [1.29, 1.82) is 0 Å². The molecule has 5 heteroatoms. The number of amides is 2. The zero-order valence-corrected chi connectivity index (χ0v) is 14.9. The third-order valence-electron chi connectivity index (χ3n) is 3.76. The van der Waals surface area contributed by atoms with Gasteiger partial charge in [-0.15, -0.1) is 0 Å². The number of carbonyl (C=O) groups excluding carboxylic acids is 2. The maximum Gasteiger partial charge on any atom is 0.277 e. The minimum atomic E-state index is -0.492. The summed E-state index contributed by atoms with van der Waals surface area (Å²) in [5.41, 5.74) is 3.46. The summed E-state index contributed by atoms with van der Waals surface area (Å²) in [6, 6.07) is 12.7. The third-order valence-corrected chi connectivity index (χ3v) is 4.64. The standard InChI is InChI=1S/C18H13BrClNO2/c1-10-3-8-14(11(2)9-10)15-16(20)18(23)21(17(15)22)13-6-4-12(19)5-7-13/h3-9H,1-2H3. The predicted octanol–water partition coefficient (Wildman–Crippen LogP) is 4.59. The van der Waals surface area contributed by atoms with Gasteiger partial charge in [-0.1, -0.05) is 51.3 Å². The van der Waals surface area contributed by atoms with Gasteiger partial charge in [0.15, 0.2) is 0 Å². The molecule has 116 valence electrons. The van der Waals surface area contributed by atoms with Crippen LogP contribution in [0.1, 0.15) is 16.7 Å². The van der Waals surface area contributed by atoms with Crippen LogP contribution < -0.4 is 4.90 Å². The van der Waals surface area contributed by atoms with Crippen molar-refractivity contribution in [1.82, 2.24) is 0 Å². The van der Waals surface area contributed by atoms with Gasteiger partial charge in [0.1, 0.15) is 5.03 Å². The zero-order chi connectivity index (χ0) is 16.7. The van der Waals surface area contributed by atoms with Gasteiger partial charge in [0.2, 0.25) is 0 Å². The molecule has 0 spiro atoms. The van der Waals surface area contributed by atoms with Crippen molar-refractivity contribution in [3.63, 3.8) is 0 Å². The second-order valence-electron chi connectivity index (χ2n) is 5.43. The summed E-state index contributed by atoms with van der Waals surface area (Å²) in [5, 5.41) is -0.0372. The molecular formula is C18H13BrClNO2. The van der Waals surface area contributed by atoms with Crippen molar-refractivity contribution in [2.24, 2.45) is 0 Å². The smallest absolute Gasteiger partial charge is 0.268 e. The molecule has 0 fully saturated rings. The first-order chi connectivity index (χ1) is 10.9. The maximum absolute atomic E-state index is 12.8. The molecular weight excluding hydrogens is 378 g/mol. The Labute approximate surface area is 147 Å². The van der Waals surface area contributed by atoms with Crippen LogP contribution in [0.4, 0.5) is 5.69 Å². The quantitative estimate of drug-likeness (QED) is 0.703. The van der Waals surface area contributed by atoms with E-state index < -0.39 is 11.8 Å². The molecule has 3 rings (SSSR count). The zero-order valence-electron chi connectivity index (χ0n) is 12.6. The number of rotatable bonds is 2. The first kappa shape index (κ1) is 16.0. The highest BCUT2D eigenvalue weighted by molar-refractivity contribution is 9.10. The maximum atomic E-state index is 12.8. The molecule has 0 aromatic heterocycles. The van der Waals surface area contributed by atoms with Crippen LogP contribution in [-0.4, -0.2) is 11.8 Å². The number of halogens is 2. The molecule has 0 radical (unpaired) electrons. The van der Waals surface area contributed by atoms with Crippen molar-refractivity contribution in [2.75, 3.05) is 4.90 Å². The third kappa shape index (κ3) is 2.73. The Morgan fingerprint density at radius 1 is 0.957 bits per heavy atom. The number of hydrogen-bond donors (Lipinski definition) is 0. The average Bonchev–Trinajstić information content (AvgIpc) is 2.72. The van der Waals surface area contributed by atoms with Gasteiger partial charge in [0.25, 0.3) is 11.8 Å². The van der Waals surface area contributed by atoms with E-state index in [1.165, 1.54) is 0 Å². The fourth-order valence-corrected chi connectivity index (χ4v) is 3.19. The van der Waals surface area contributed by atoms with E-state index in [4.69, 9.17) is 11.6 Å². The van der Waals surface area contributed by atoms with E-state index in [0.717, 1.165) is 20.5 Å². The number of aryl methyl sites for hydroxylation is 2. The lowest BCUT2D eigenvalue weighted by Gasteiger charge is -2.15. The van der Waals surface area contributed by atoms with Gasteiger partial charge < -0.3 is 0 Å². The van der Waals surface area contributed by atoms with E-state index in [9.17, 15) is 9.59 Å². The van der Waals surface area contributed by atoms with Crippen LogP contribution in [0, 0.1) is 13.8 Å². The highest BCUT2D eigenvalue weighted by Crippen LogP contribution is 2.36. The summed E-state index contributed by atoms with van der Waals surface area (Å²) in [5.74, 6) is -0.886. The van der Waals surface area contributed by atoms with Crippen LogP contribution in [-0.2, 0) is 9.59 Å². The van der Waals surface area contributed by atoms with E-state index in [2.05, 4.69) is 15.9 Å². The molecule has 1 aliphatic heterocycles. The van der Waals surface area contributed by atoms with Gasteiger partial charge in [-0.05, 0) is 49.2 Å². The molecule has 0 bridgehead atoms. The molecule has 0 saturated carbocycles. The summed E-state index contributed by atoms with van der Waals surface area (Å²) in [6.07, 6.45) is 0. The Bertz CT molecular complexity index is 856. The molecule has 0 unspecified atom stereocenters. The van der Waals surface area contributed by atoms with Gasteiger partial charge in [0.05, 0.1) is 11.3 Å². The van der Waals surface area contributed by atoms with Crippen molar-refractivity contribution in [2.45, 2.75) is 13.8 Å². The Balaban J connectivity index is 2.08.